The molecule has 2 N–H and O–H groups in total. The zero-order chi connectivity index (χ0) is 13.6. The van der Waals surface area contributed by atoms with E-state index >= 15 is 0 Å². The lowest BCUT2D eigenvalue weighted by Gasteiger charge is -2.09. The van der Waals surface area contributed by atoms with Crippen LogP contribution in [0.15, 0.2) is 36.4 Å². The molecule has 3 rings (SSSR count). The minimum absolute atomic E-state index is 0.407. The average Bonchev–Trinajstić information content (AvgIpc) is 2.65. The third-order valence-electron chi connectivity index (χ3n) is 2.99. The molecular formula is C14H11Cl2N3. The van der Waals surface area contributed by atoms with Crippen molar-refractivity contribution in [2.45, 2.75) is 6.92 Å². The summed E-state index contributed by atoms with van der Waals surface area (Å²) in [6.07, 6.45) is 0. The van der Waals surface area contributed by atoms with Crippen molar-refractivity contribution in [3.63, 3.8) is 0 Å². The second-order valence-corrected chi connectivity index (χ2v) is 5.24. The Labute approximate surface area is 120 Å². The fourth-order valence-electron chi connectivity index (χ4n) is 2.12. The molecule has 3 aromatic rings. The molecule has 1 aromatic heterocycles. The Bertz CT molecular complexity index is 778. The normalized spacial score (nSPS) is 11.1. The van der Waals surface area contributed by atoms with Gasteiger partial charge in [-0.15, -0.1) is 0 Å². The summed E-state index contributed by atoms with van der Waals surface area (Å²) in [6, 6.07) is 11.3. The van der Waals surface area contributed by atoms with E-state index in [0.29, 0.717) is 16.0 Å². The maximum Gasteiger partial charge on any atom is 0.205 e. The number of anilines is 1. The van der Waals surface area contributed by atoms with Gasteiger partial charge in [0.1, 0.15) is 0 Å². The van der Waals surface area contributed by atoms with Gasteiger partial charge in [0.25, 0.3) is 0 Å². The molecule has 2 aromatic carbocycles. The third kappa shape index (κ3) is 2.05. The van der Waals surface area contributed by atoms with Crippen LogP contribution in [-0.2, 0) is 0 Å². The van der Waals surface area contributed by atoms with E-state index in [1.165, 1.54) is 0 Å². The second kappa shape index (κ2) is 4.44. The molecule has 0 amide bonds. The number of imidazole rings is 1. The zero-order valence-electron chi connectivity index (χ0n) is 10.2. The number of nitrogens with two attached hydrogens (primary N) is 1. The summed E-state index contributed by atoms with van der Waals surface area (Å²) in [5.41, 5.74) is 9.69. The average molecular weight is 292 g/mol. The SMILES string of the molecule is Cc1ccc2nc(N)n(-c3ccc(Cl)cc3Cl)c2c1. The molecule has 1 heterocycles. The molecule has 5 heteroatoms. The number of hydrogen-bond donors (Lipinski definition) is 1. The van der Waals surface area contributed by atoms with Gasteiger partial charge in [0.05, 0.1) is 21.7 Å². The topological polar surface area (TPSA) is 43.8 Å². The second-order valence-electron chi connectivity index (χ2n) is 4.39. The Balaban J connectivity index is 2.35. The van der Waals surface area contributed by atoms with Gasteiger partial charge in [0.2, 0.25) is 5.95 Å². The van der Waals surface area contributed by atoms with Gasteiger partial charge in [-0.2, -0.15) is 0 Å². The summed E-state index contributed by atoms with van der Waals surface area (Å²) < 4.78 is 1.83. The van der Waals surface area contributed by atoms with Crippen molar-refractivity contribution in [3.05, 3.63) is 52.0 Å². The van der Waals surface area contributed by atoms with Crippen molar-refractivity contribution >= 4 is 40.2 Å². The van der Waals surface area contributed by atoms with Crippen LogP contribution in [0.1, 0.15) is 5.56 Å². The molecule has 0 aliphatic carbocycles. The van der Waals surface area contributed by atoms with Crippen LogP contribution >= 0.6 is 23.2 Å². The van der Waals surface area contributed by atoms with E-state index in [2.05, 4.69) is 4.98 Å². The van der Waals surface area contributed by atoms with Gasteiger partial charge in [-0.3, -0.25) is 4.57 Å². The maximum absolute atomic E-state index is 6.24. The molecule has 0 spiro atoms. The van der Waals surface area contributed by atoms with E-state index in [1.54, 1.807) is 12.1 Å². The van der Waals surface area contributed by atoms with E-state index in [-0.39, 0.29) is 0 Å². The van der Waals surface area contributed by atoms with Crippen molar-refractivity contribution in [2.24, 2.45) is 0 Å². The number of nitrogen functional groups attached to an aromatic ring is 1. The van der Waals surface area contributed by atoms with Crippen LogP contribution in [0, 0.1) is 6.92 Å². The summed E-state index contributed by atoms with van der Waals surface area (Å²) in [5.74, 6) is 0.407. The monoisotopic (exact) mass is 291 g/mol. The predicted molar refractivity (Wildman–Crippen MR) is 80.2 cm³/mol. The van der Waals surface area contributed by atoms with E-state index in [0.717, 1.165) is 22.3 Å². The lowest BCUT2D eigenvalue weighted by atomic mass is 10.2. The number of nitrogens with zero attached hydrogens (tertiary/aromatic N) is 2. The Kier molecular flexibility index (Phi) is 2.88. The van der Waals surface area contributed by atoms with Crippen LogP contribution in [0.2, 0.25) is 10.0 Å². The number of benzene rings is 2. The molecule has 0 atom stereocenters. The third-order valence-corrected chi connectivity index (χ3v) is 3.52. The Morgan fingerprint density at radius 1 is 1.11 bits per heavy atom. The van der Waals surface area contributed by atoms with Crippen molar-refractivity contribution in [2.75, 3.05) is 5.73 Å². The van der Waals surface area contributed by atoms with E-state index < -0.39 is 0 Å². The highest BCUT2D eigenvalue weighted by Gasteiger charge is 2.12. The molecule has 96 valence electrons. The highest BCUT2D eigenvalue weighted by Crippen LogP contribution is 2.30. The van der Waals surface area contributed by atoms with Gasteiger partial charge in [-0.25, -0.2) is 4.98 Å². The highest BCUT2D eigenvalue weighted by atomic mass is 35.5. The number of rotatable bonds is 1. The first kappa shape index (κ1) is 12.3. The minimum atomic E-state index is 0.407. The molecule has 0 saturated carbocycles. The number of aromatic nitrogens is 2. The standard InChI is InChI=1S/C14H11Cl2N3/c1-8-2-4-11-13(6-8)19(14(17)18-11)12-5-3-9(15)7-10(12)16/h2-7H,1H3,(H2,17,18). The van der Waals surface area contributed by atoms with Crippen LogP contribution in [-0.4, -0.2) is 9.55 Å². The molecular weight excluding hydrogens is 281 g/mol. The summed E-state index contributed by atoms with van der Waals surface area (Å²) in [7, 11) is 0. The fraction of sp³-hybridized carbons (Fsp3) is 0.0714. The molecule has 0 bridgehead atoms. The van der Waals surface area contributed by atoms with Gasteiger partial charge < -0.3 is 5.73 Å². The molecule has 19 heavy (non-hydrogen) atoms. The lowest BCUT2D eigenvalue weighted by molar-refractivity contribution is 1.11. The van der Waals surface area contributed by atoms with Gasteiger partial charge >= 0.3 is 0 Å². The number of halogens is 2. The van der Waals surface area contributed by atoms with Crippen molar-refractivity contribution in [3.8, 4) is 5.69 Å². The zero-order valence-corrected chi connectivity index (χ0v) is 11.7. The first-order valence-corrected chi connectivity index (χ1v) is 6.52. The maximum atomic E-state index is 6.24. The largest absolute Gasteiger partial charge is 0.369 e. The number of fused-ring (bicyclic) bond motifs is 1. The smallest absolute Gasteiger partial charge is 0.205 e. The summed E-state index contributed by atoms with van der Waals surface area (Å²) in [5, 5.41) is 1.13. The molecule has 0 unspecified atom stereocenters. The first-order chi connectivity index (χ1) is 9.06. The Morgan fingerprint density at radius 3 is 2.63 bits per heavy atom. The summed E-state index contributed by atoms with van der Waals surface area (Å²) in [6.45, 7) is 2.02. The Hall–Kier alpha value is -1.71. The predicted octanol–water partition coefficient (Wildman–Crippen LogP) is 4.22. The minimum Gasteiger partial charge on any atom is -0.369 e. The van der Waals surface area contributed by atoms with Gasteiger partial charge in [-0.1, -0.05) is 29.3 Å². The number of aryl methyl sites for hydroxylation is 1. The van der Waals surface area contributed by atoms with E-state index in [1.807, 2.05) is 35.8 Å². The van der Waals surface area contributed by atoms with Crippen LogP contribution in [0.3, 0.4) is 0 Å². The number of hydrogen-bond acceptors (Lipinski definition) is 2. The van der Waals surface area contributed by atoms with E-state index in [4.69, 9.17) is 28.9 Å². The summed E-state index contributed by atoms with van der Waals surface area (Å²) in [4.78, 5) is 4.34. The van der Waals surface area contributed by atoms with Gasteiger partial charge in [0.15, 0.2) is 0 Å². The molecule has 0 fully saturated rings. The van der Waals surface area contributed by atoms with Crippen molar-refractivity contribution in [1.82, 2.24) is 9.55 Å². The van der Waals surface area contributed by atoms with Crippen LogP contribution in [0.5, 0.6) is 0 Å². The molecule has 0 aliphatic heterocycles. The van der Waals surface area contributed by atoms with Crippen LogP contribution in [0.25, 0.3) is 16.7 Å². The van der Waals surface area contributed by atoms with Gasteiger partial charge in [0, 0.05) is 5.02 Å². The van der Waals surface area contributed by atoms with Gasteiger partial charge in [-0.05, 0) is 42.8 Å². The first-order valence-electron chi connectivity index (χ1n) is 5.76. The molecule has 0 radical (unpaired) electrons. The summed E-state index contributed by atoms with van der Waals surface area (Å²) >= 11 is 12.2. The molecule has 3 nitrogen and oxygen atoms in total. The van der Waals surface area contributed by atoms with Crippen LogP contribution in [0.4, 0.5) is 5.95 Å². The van der Waals surface area contributed by atoms with Crippen molar-refractivity contribution in [1.29, 1.82) is 0 Å². The highest BCUT2D eigenvalue weighted by molar-refractivity contribution is 6.35. The molecule has 0 saturated heterocycles. The molecule has 0 aliphatic rings. The Morgan fingerprint density at radius 2 is 1.89 bits per heavy atom. The quantitative estimate of drug-likeness (QED) is 0.729. The fourth-order valence-corrected chi connectivity index (χ4v) is 2.61. The van der Waals surface area contributed by atoms with Crippen molar-refractivity contribution < 1.29 is 0 Å². The van der Waals surface area contributed by atoms with Crippen LogP contribution < -0.4 is 5.73 Å². The lowest BCUT2D eigenvalue weighted by Crippen LogP contribution is -2.01. The van der Waals surface area contributed by atoms with E-state index in [9.17, 15) is 0 Å².